The minimum atomic E-state index is -0.0946. The van der Waals surface area contributed by atoms with Crippen molar-refractivity contribution in [2.75, 3.05) is 11.9 Å². The number of thiocarbonyl (C=S) groups is 1. The third-order valence-corrected chi connectivity index (χ3v) is 6.91. The van der Waals surface area contributed by atoms with Crippen LogP contribution in [-0.2, 0) is 11.8 Å². The van der Waals surface area contributed by atoms with Gasteiger partial charge in [0.25, 0.3) is 0 Å². The summed E-state index contributed by atoms with van der Waals surface area (Å²) < 4.78 is 2.18. The number of hydrogen-bond donors (Lipinski definition) is 2. The SMILES string of the molecule is Cc1ccc([C@H]2[C@H](c3ccccn3)NC(=S)N2CCC(=O)Nc2cccc3ccccc23)n1C. The molecule has 5 rings (SSSR count). The number of anilines is 1. The smallest absolute Gasteiger partial charge is 0.226 e. The summed E-state index contributed by atoms with van der Waals surface area (Å²) in [7, 11) is 2.06. The quantitative estimate of drug-likeness (QED) is 0.394. The number of aromatic nitrogens is 2. The summed E-state index contributed by atoms with van der Waals surface area (Å²) >= 11 is 5.74. The molecule has 172 valence electrons. The Morgan fingerprint density at radius 3 is 2.62 bits per heavy atom. The van der Waals surface area contributed by atoms with Crippen LogP contribution in [0.3, 0.4) is 0 Å². The number of nitrogens with zero attached hydrogens (tertiary/aromatic N) is 3. The molecule has 1 amide bonds. The highest BCUT2D eigenvalue weighted by Gasteiger charge is 2.41. The summed E-state index contributed by atoms with van der Waals surface area (Å²) in [6.07, 6.45) is 2.12. The average molecular weight is 470 g/mol. The van der Waals surface area contributed by atoms with Crippen LogP contribution in [0.5, 0.6) is 0 Å². The largest absolute Gasteiger partial charge is 0.352 e. The fraction of sp³-hybridized carbons (Fsp3) is 0.222. The molecular weight excluding hydrogens is 442 g/mol. The van der Waals surface area contributed by atoms with Crippen molar-refractivity contribution in [1.82, 2.24) is 19.8 Å². The average Bonchev–Trinajstić information content (AvgIpc) is 3.36. The number of carbonyl (C=O) groups is 1. The number of hydrogen-bond acceptors (Lipinski definition) is 3. The number of pyridine rings is 1. The van der Waals surface area contributed by atoms with Gasteiger partial charge in [-0.1, -0.05) is 42.5 Å². The highest BCUT2D eigenvalue weighted by Crippen LogP contribution is 2.39. The second kappa shape index (κ2) is 9.27. The molecule has 0 bridgehead atoms. The predicted octanol–water partition coefficient (Wildman–Crippen LogP) is 4.88. The normalized spacial score (nSPS) is 17.7. The Balaban J connectivity index is 1.37. The standard InChI is InChI=1S/C27H27N5OS/c1-18-13-14-23(31(18)2)26-25(22-11-5-6-16-28-22)30-27(34)32(26)17-15-24(33)29-21-12-7-9-19-8-3-4-10-20(19)21/h3-14,16,25-26H,15,17H2,1-2H3,(H,29,33)(H,30,34)/t25-,26-/m0/s1. The van der Waals surface area contributed by atoms with Gasteiger partial charge in [-0.2, -0.15) is 0 Å². The van der Waals surface area contributed by atoms with Crippen LogP contribution in [-0.4, -0.2) is 32.0 Å². The lowest BCUT2D eigenvalue weighted by molar-refractivity contribution is -0.116. The second-order valence-corrected chi connectivity index (χ2v) is 8.99. The van der Waals surface area contributed by atoms with Crippen molar-refractivity contribution in [1.29, 1.82) is 0 Å². The minimum absolute atomic E-state index is 0.0396. The summed E-state index contributed by atoms with van der Waals surface area (Å²) in [5, 5.41) is 9.31. The fourth-order valence-corrected chi connectivity index (χ4v) is 5.00. The van der Waals surface area contributed by atoms with Crippen LogP contribution in [0.25, 0.3) is 10.8 Å². The van der Waals surface area contributed by atoms with Crippen molar-refractivity contribution in [2.24, 2.45) is 7.05 Å². The van der Waals surface area contributed by atoms with E-state index in [-0.39, 0.29) is 18.0 Å². The molecule has 7 heteroatoms. The number of nitrogens with one attached hydrogen (secondary N) is 2. The first-order chi connectivity index (χ1) is 16.5. The van der Waals surface area contributed by atoms with E-state index in [1.807, 2.05) is 60.7 Å². The molecule has 0 saturated carbocycles. The Morgan fingerprint density at radius 1 is 1.06 bits per heavy atom. The first kappa shape index (κ1) is 22.1. The lowest BCUT2D eigenvalue weighted by Crippen LogP contribution is -2.33. The van der Waals surface area contributed by atoms with E-state index in [0.29, 0.717) is 18.1 Å². The van der Waals surface area contributed by atoms with Crippen LogP contribution in [0.15, 0.2) is 79.0 Å². The van der Waals surface area contributed by atoms with E-state index in [4.69, 9.17) is 12.2 Å². The number of fused-ring (bicyclic) bond motifs is 1. The van der Waals surface area contributed by atoms with Crippen LogP contribution in [0.1, 0.15) is 35.6 Å². The van der Waals surface area contributed by atoms with Gasteiger partial charge in [-0.3, -0.25) is 9.78 Å². The number of aryl methyl sites for hydroxylation is 1. The second-order valence-electron chi connectivity index (χ2n) is 8.60. The topological polar surface area (TPSA) is 62.2 Å². The Labute approximate surface area is 204 Å². The molecule has 6 nitrogen and oxygen atoms in total. The van der Waals surface area contributed by atoms with Crippen LogP contribution in [0.2, 0.25) is 0 Å². The maximum Gasteiger partial charge on any atom is 0.226 e. The zero-order valence-corrected chi connectivity index (χ0v) is 20.0. The van der Waals surface area contributed by atoms with E-state index >= 15 is 0 Å². The molecule has 3 heterocycles. The van der Waals surface area contributed by atoms with Crippen molar-refractivity contribution >= 4 is 39.7 Å². The monoisotopic (exact) mass is 469 g/mol. The van der Waals surface area contributed by atoms with Gasteiger partial charge in [0.05, 0.1) is 17.8 Å². The molecule has 1 aliphatic rings. The summed E-state index contributed by atoms with van der Waals surface area (Å²) in [6, 6.07) is 24.0. The predicted molar refractivity (Wildman–Crippen MR) is 140 cm³/mol. The van der Waals surface area contributed by atoms with Gasteiger partial charge in [0.15, 0.2) is 5.11 Å². The molecule has 2 aromatic carbocycles. The minimum Gasteiger partial charge on any atom is -0.352 e. The zero-order valence-electron chi connectivity index (χ0n) is 19.2. The van der Waals surface area contributed by atoms with Gasteiger partial charge in [0.1, 0.15) is 0 Å². The van der Waals surface area contributed by atoms with Crippen LogP contribution in [0.4, 0.5) is 5.69 Å². The van der Waals surface area contributed by atoms with Crippen LogP contribution >= 0.6 is 12.2 Å². The third kappa shape index (κ3) is 4.15. The molecule has 1 saturated heterocycles. The van der Waals surface area contributed by atoms with Gasteiger partial charge in [0.2, 0.25) is 5.91 Å². The summed E-state index contributed by atoms with van der Waals surface area (Å²) in [5.74, 6) is -0.0396. The van der Waals surface area contributed by atoms with Crippen molar-refractivity contribution in [3.05, 3.63) is 96.1 Å². The summed E-state index contributed by atoms with van der Waals surface area (Å²) in [5.41, 5.74) is 4.05. The van der Waals surface area contributed by atoms with Crippen molar-refractivity contribution in [2.45, 2.75) is 25.4 Å². The van der Waals surface area contributed by atoms with Crippen LogP contribution < -0.4 is 10.6 Å². The molecule has 0 radical (unpaired) electrons. The molecular formula is C27H27N5OS. The Kier molecular flexibility index (Phi) is 6.02. The molecule has 1 fully saturated rings. The van der Waals surface area contributed by atoms with E-state index < -0.39 is 0 Å². The van der Waals surface area contributed by atoms with Gasteiger partial charge in [-0.25, -0.2) is 0 Å². The molecule has 34 heavy (non-hydrogen) atoms. The molecule has 2 aromatic heterocycles. The Morgan fingerprint density at radius 2 is 1.85 bits per heavy atom. The van der Waals surface area contributed by atoms with Gasteiger partial charge >= 0.3 is 0 Å². The maximum absolute atomic E-state index is 13.0. The van der Waals surface area contributed by atoms with Gasteiger partial charge in [-0.15, -0.1) is 0 Å². The fourth-order valence-electron chi connectivity index (χ4n) is 4.67. The lowest BCUT2D eigenvalue weighted by Gasteiger charge is -2.28. The summed E-state index contributed by atoms with van der Waals surface area (Å²) in [4.78, 5) is 19.7. The van der Waals surface area contributed by atoms with Crippen LogP contribution in [0, 0.1) is 6.92 Å². The maximum atomic E-state index is 13.0. The van der Waals surface area contributed by atoms with Crippen molar-refractivity contribution in [3.63, 3.8) is 0 Å². The van der Waals surface area contributed by atoms with Gasteiger partial charge in [-0.05, 0) is 54.9 Å². The molecule has 2 atom stereocenters. The number of amides is 1. The number of carbonyl (C=O) groups excluding carboxylic acids is 1. The molecule has 2 N–H and O–H groups in total. The summed E-state index contributed by atoms with van der Waals surface area (Å²) in [6.45, 7) is 2.59. The Bertz CT molecular complexity index is 1340. The van der Waals surface area contributed by atoms with Gasteiger partial charge < -0.3 is 20.1 Å². The van der Waals surface area contributed by atoms with E-state index in [2.05, 4.69) is 51.2 Å². The van der Waals surface area contributed by atoms with Crippen molar-refractivity contribution < 1.29 is 4.79 Å². The first-order valence-electron chi connectivity index (χ1n) is 11.4. The highest BCUT2D eigenvalue weighted by atomic mass is 32.1. The molecule has 0 spiro atoms. The molecule has 0 unspecified atom stereocenters. The molecule has 4 aromatic rings. The zero-order chi connectivity index (χ0) is 23.7. The number of benzene rings is 2. The highest BCUT2D eigenvalue weighted by molar-refractivity contribution is 7.80. The number of rotatable bonds is 6. The molecule has 1 aliphatic heterocycles. The van der Waals surface area contributed by atoms with E-state index in [1.54, 1.807) is 6.20 Å². The van der Waals surface area contributed by atoms with Gasteiger partial charge in [0, 0.05) is 48.7 Å². The van der Waals surface area contributed by atoms with E-state index in [0.717, 1.165) is 27.8 Å². The van der Waals surface area contributed by atoms with Crippen molar-refractivity contribution in [3.8, 4) is 0 Å². The Hall–Kier alpha value is -3.71. The van der Waals surface area contributed by atoms with E-state index in [1.165, 1.54) is 5.69 Å². The molecule has 0 aliphatic carbocycles. The lowest BCUT2D eigenvalue weighted by atomic mass is 10.0. The first-order valence-corrected chi connectivity index (χ1v) is 11.8. The third-order valence-electron chi connectivity index (χ3n) is 6.56. The van der Waals surface area contributed by atoms with E-state index in [9.17, 15) is 4.79 Å².